The van der Waals surface area contributed by atoms with Gasteiger partial charge in [0, 0.05) is 6.54 Å². The lowest BCUT2D eigenvalue weighted by atomic mass is 9.87. The zero-order valence-electron chi connectivity index (χ0n) is 13.6. The molecule has 0 saturated carbocycles. The van der Waals surface area contributed by atoms with Crippen molar-refractivity contribution in [1.29, 1.82) is 0 Å². The summed E-state index contributed by atoms with van der Waals surface area (Å²) in [6.45, 7) is 3.85. The lowest BCUT2D eigenvalue weighted by Crippen LogP contribution is -2.36. The predicted octanol–water partition coefficient (Wildman–Crippen LogP) is 2.86. The van der Waals surface area contributed by atoms with Crippen LogP contribution in [-0.4, -0.2) is 33.3 Å². The van der Waals surface area contributed by atoms with Crippen LogP contribution in [0.4, 0.5) is 4.39 Å². The highest BCUT2D eigenvalue weighted by molar-refractivity contribution is 5.83. The molecule has 0 amide bonds. The molecule has 6 heteroatoms. The number of aromatic nitrogens is 4. The average Bonchev–Trinajstić information content (AvgIpc) is 3.02. The molecule has 1 N–H and O–H groups in total. The van der Waals surface area contributed by atoms with Gasteiger partial charge in [-0.25, -0.2) is 4.39 Å². The lowest BCUT2D eigenvalue weighted by molar-refractivity contribution is 0.261. The van der Waals surface area contributed by atoms with E-state index in [1.807, 2.05) is 19.1 Å². The third-order valence-corrected chi connectivity index (χ3v) is 4.73. The molecular formula is C18H20FN5. The molecule has 3 aromatic rings. The van der Waals surface area contributed by atoms with E-state index >= 15 is 0 Å². The summed E-state index contributed by atoms with van der Waals surface area (Å²) in [5.41, 5.74) is 1.14. The third kappa shape index (κ3) is 2.89. The molecule has 124 valence electrons. The summed E-state index contributed by atoms with van der Waals surface area (Å²) < 4.78 is 13.4. The number of fused-ring (bicyclic) bond motifs is 1. The van der Waals surface area contributed by atoms with Crippen LogP contribution in [0, 0.1) is 18.7 Å². The monoisotopic (exact) mass is 325 g/mol. The Hall–Kier alpha value is -2.34. The lowest BCUT2D eigenvalue weighted by Gasteiger charge is -2.30. The van der Waals surface area contributed by atoms with Crippen LogP contribution in [-0.2, 0) is 0 Å². The molecule has 2 unspecified atom stereocenters. The number of halogens is 1. The van der Waals surface area contributed by atoms with Gasteiger partial charge >= 0.3 is 0 Å². The van der Waals surface area contributed by atoms with Gasteiger partial charge < -0.3 is 5.32 Å². The highest BCUT2D eigenvalue weighted by Crippen LogP contribution is 2.32. The van der Waals surface area contributed by atoms with E-state index in [1.54, 1.807) is 10.9 Å². The Morgan fingerprint density at radius 3 is 2.79 bits per heavy atom. The molecule has 4 rings (SSSR count). The summed E-state index contributed by atoms with van der Waals surface area (Å²) in [6, 6.07) is 11.1. The summed E-state index contributed by atoms with van der Waals surface area (Å²) in [4.78, 5) is 1.73. The fourth-order valence-corrected chi connectivity index (χ4v) is 3.58. The maximum atomic E-state index is 13.4. The van der Waals surface area contributed by atoms with E-state index in [1.165, 1.54) is 6.07 Å². The largest absolute Gasteiger partial charge is 0.316 e. The molecular weight excluding hydrogens is 305 g/mol. The van der Waals surface area contributed by atoms with E-state index in [0.29, 0.717) is 11.7 Å². The zero-order valence-corrected chi connectivity index (χ0v) is 13.6. The van der Waals surface area contributed by atoms with E-state index < -0.39 is 0 Å². The molecule has 1 saturated heterocycles. The SMILES string of the molecule is Cc1nnn(C(c2ccc3cc(F)ccc3c2)C2CCCNC2)n1. The topological polar surface area (TPSA) is 55.6 Å². The van der Waals surface area contributed by atoms with Crippen LogP contribution in [0.5, 0.6) is 0 Å². The van der Waals surface area contributed by atoms with Crippen LogP contribution in [0.2, 0.25) is 0 Å². The maximum absolute atomic E-state index is 13.4. The Morgan fingerprint density at radius 2 is 2.04 bits per heavy atom. The Balaban J connectivity index is 1.78. The van der Waals surface area contributed by atoms with Gasteiger partial charge in [0.2, 0.25) is 0 Å². The third-order valence-electron chi connectivity index (χ3n) is 4.73. The Bertz CT molecular complexity index is 853. The second kappa shape index (κ2) is 6.28. The number of benzene rings is 2. The molecule has 0 radical (unpaired) electrons. The van der Waals surface area contributed by atoms with E-state index in [4.69, 9.17) is 0 Å². The summed E-state index contributed by atoms with van der Waals surface area (Å²) in [5.74, 6) is 0.869. The van der Waals surface area contributed by atoms with Crippen molar-refractivity contribution in [3.8, 4) is 0 Å². The molecule has 1 aliphatic heterocycles. The van der Waals surface area contributed by atoms with Gasteiger partial charge in [0.25, 0.3) is 0 Å². The first-order valence-electron chi connectivity index (χ1n) is 8.37. The number of nitrogens with zero attached hydrogens (tertiary/aromatic N) is 4. The molecule has 1 fully saturated rings. The highest BCUT2D eigenvalue weighted by Gasteiger charge is 2.28. The van der Waals surface area contributed by atoms with Crippen LogP contribution < -0.4 is 5.32 Å². The van der Waals surface area contributed by atoms with E-state index in [0.717, 1.165) is 42.3 Å². The predicted molar refractivity (Wildman–Crippen MR) is 90.2 cm³/mol. The Kier molecular flexibility index (Phi) is 3.98. The van der Waals surface area contributed by atoms with Gasteiger partial charge in [-0.15, -0.1) is 10.2 Å². The number of tetrazole rings is 1. The van der Waals surface area contributed by atoms with Gasteiger partial charge in [0.15, 0.2) is 5.82 Å². The molecule has 5 nitrogen and oxygen atoms in total. The number of hydrogen-bond acceptors (Lipinski definition) is 4. The highest BCUT2D eigenvalue weighted by atomic mass is 19.1. The van der Waals surface area contributed by atoms with Crippen molar-refractivity contribution in [2.45, 2.75) is 25.8 Å². The van der Waals surface area contributed by atoms with Gasteiger partial charge in [0.1, 0.15) is 11.9 Å². The fraction of sp³-hybridized carbons (Fsp3) is 0.389. The summed E-state index contributed by atoms with van der Waals surface area (Å²) in [7, 11) is 0. The van der Waals surface area contributed by atoms with Crippen molar-refractivity contribution in [1.82, 2.24) is 25.5 Å². The minimum Gasteiger partial charge on any atom is -0.316 e. The molecule has 2 heterocycles. The molecule has 24 heavy (non-hydrogen) atoms. The number of hydrogen-bond donors (Lipinski definition) is 1. The van der Waals surface area contributed by atoms with Crippen LogP contribution in [0.1, 0.15) is 30.3 Å². The zero-order chi connectivity index (χ0) is 16.5. The molecule has 0 aliphatic carbocycles. The van der Waals surface area contributed by atoms with Crippen molar-refractivity contribution in [3.63, 3.8) is 0 Å². The van der Waals surface area contributed by atoms with Crippen molar-refractivity contribution in [2.24, 2.45) is 5.92 Å². The van der Waals surface area contributed by atoms with E-state index in [2.05, 4.69) is 32.9 Å². The molecule has 0 spiro atoms. The molecule has 1 aromatic heterocycles. The normalized spacial score (nSPS) is 19.5. The minimum atomic E-state index is -0.211. The number of rotatable bonds is 3. The van der Waals surface area contributed by atoms with Crippen LogP contribution in [0.25, 0.3) is 10.8 Å². The Labute approximate surface area is 139 Å². The van der Waals surface area contributed by atoms with Gasteiger partial charge in [-0.2, -0.15) is 4.80 Å². The van der Waals surface area contributed by atoms with Crippen molar-refractivity contribution in [3.05, 3.63) is 53.6 Å². The van der Waals surface area contributed by atoms with E-state index in [-0.39, 0.29) is 11.9 Å². The van der Waals surface area contributed by atoms with Gasteiger partial charge in [0.05, 0.1) is 0 Å². The minimum absolute atomic E-state index is 0.0356. The first-order valence-corrected chi connectivity index (χ1v) is 8.37. The van der Waals surface area contributed by atoms with Crippen LogP contribution in [0.3, 0.4) is 0 Å². The first-order chi connectivity index (χ1) is 11.7. The second-order valence-electron chi connectivity index (χ2n) is 6.46. The smallest absolute Gasteiger partial charge is 0.171 e. The molecule has 1 aliphatic rings. The Morgan fingerprint density at radius 1 is 1.21 bits per heavy atom. The quantitative estimate of drug-likeness (QED) is 0.804. The van der Waals surface area contributed by atoms with Crippen molar-refractivity contribution >= 4 is 10.8 Å². The van der Waals surface area contributed by atoms with E-state index in [9.17, 15) is 4.39 Å². The van der Waals surface area contributed by atoms with Crippen molar-refractivity contribution in [2.75, 3.05) is 13.1 Å². The summed E-state index contributed by atoms with van der Waals surface area (Å²) in [5, 5.41) is 18.2. The van der Waals surface area contributed by atoms with Crippen LogP contribution >= 0.6 is 0 Å². The van der Waals surface area contributed by atoms with Gasteiger partial charge in [-0.1, -0.05) is 18.2 Å². The maximum Gasteiger partial charge on any atom is 0.171 e. The standard InChI is InChI=1S/C18H20FN5/c1-12-21-23-24(22-12)18(16-3-2-8-20-11-16)15-5-4-14-10-17(19)7-6-13(14)9-15/h4-7,9-10,16,18,20H,2-3,8,11H2,1H3. The second-order valence-corrected chi connectivity index (χ2v) is 6.46. The number of aryl methyl sites for hydroxylation is 1. The molecule has 2 aromatic carbocycles. The fourth-order valence-electron chi connectivity index (χ4n) is 3.58. The summed E-state index contributed by atoms with van der Waals surface area (Å²) >= 11 is 0. The number of piperidine rings is 1. The van der Waals surface area contributed by atoms with Crippen molar-refractivity contribution < 1.29 is 4.39 Å². The summed E-state index contributed by atoms with van der Waals surface area (Å²) in [6.07, 6.45) is 2.27. The van der Waals surface area contributed by atoms with Gasteiger partial charge in [-0.05, 0) is 72.0 Å². The first kappa shape index (κ1) is 15.2. The molecule has 2 atom stereocenters. The van der Waals surface area contributed by atoms with Crippen LogP contribution in [0.15, 0.2) is 36.4 Å². The number of nitrogens with one attached hydrogen (secondary N) is 1. The van der Waals surface area contributed by atoms with Gasteiger partial charge in [-0.3, -0.25) is 0 Å². The average molecular weight is 325 g/mol. The molecule has 0 bridgehead atoms.